The van der Waals surface area contributed by atoms with Crippen LogP contribution in [0.4, 0.5) is 5.69 Å². The Labute approximate surface area is 82.3 Å². The van der Waals surface area contributed by atoms with Crippen molar-refractivity contribution in [3.8, 4) is 0 Å². The van der Waals surface area contributed by atoms with E-state index in [0.29, 0.717) is 12.1 Å². The average Bonchev–Trinajstić information content (AvgIpc) is 2.43. The molecule has 0 saturated carbocycles. The highest BCUT2D eigenvalue weighted by Gasteiger charge is 2.36. The van der Waals surface area contributed by atoms with E-state index >= 15 is 0 Å². The van der Waals surface area contributed by atoms with Gasteiger partial charge in [0, 0.05) is 18.4 Å². The number of anilines is 1. The summed E-state index contributed by atoms with van der Waals surface area (Å²) in [6.45, 7) is 1.77. The minimum atomic E-state index is -0.198. The molecule has 0 spiro atoms. The largest absolute Gasteiger partial charge is 0.274 e. The summed E-state index contributed by atoms with van der Waals surface area (Å²) in [7, 11) is 0. The first-order valence-electron chi connectivity index (χ1n) is 4.53. The van der Waals surface area contributed by atoms with Crippen LogP contribution < -0.4 is 4.90 Å². The quantitative estimate of drug-likeness (QED) is 0.624. The number of carbonyl (C=O) groups is 2. The van der Waals surface area contributed by atoms with Crippen molar-refractivity contribution in [3.63, 3.8) is 0 Å². The summed E-state index contributed by atoms with van der Waals surface area (Å²) in [6.07, 6.45) is 0.307. The Hall–Kier alpha value is -1.64. The molecule has 1 heterocycles. The van der Waals surface area contributed by atoms with Gasteiger partial charge in [-0.2, -0.15) is 0 Å². The lowest BCUT2D eigenvalue weighted by Gasteiger charge is -2.13. The standard InChI is InChI=1S/C11H10NO2/c1-8-7-10(13)12(11(8)14)9-5-3-2-4-6-9/h2-5,8H,7H2,1H3. The van der Waals surface area contributed by atoms with Crippen molar-refractivity contribution in [3.05, 3.63) is 30.3 Å². The number of carbonyl (C=O) groups excluding carboxylic acids is 2. The highest BCUT2D eigenvalue weighted by atomic mass is 16.2. The predicted octanol–water partition coefficient (Wildman–Crippen LogP) is 1.39. The first-order valence-corrected chi connectivity index (χ1v) is 4.53. The molecule has 1 aliphatic heterocycles. The molecule has 0 aliphatic carbocycles. The zero-order valence-corrected chi connectivity index (χ0v) is 7.86. The van der Waals surface area contributed by atoms with Crippen LogP contribution in [0.3, 0.4) is 0 Å². The molecule has 1 radical (unpaired) electrons. The molecule has 1 atom stereocenters. The number of amides is 2. The van der Waals surface area contributed by atoms with Crippen LogP contribution in [-0.2, 0) is 9.59 Å². The smallest absolute Gasteiger partial charge is 0.237 e. The molecule has 14 heavy (non-hydrogen) atoms. The van der Waals surface area contributed by atoms with Gasteiger partial charge in [-0.15, -0.1) is 0 Å². The molecule has 1 saturated heterocycles. The van der Waals surface area contributed by atoms with E-state index < -0.39 is 0 Å². The summed E-state index contributed by atoms with van der Waals surface area (Å²) in [4.78, 5) is 24.3. The van der Waals surface area contributed by atoms with E-state index in [-0.39, 0.29) is 17.7 Å². The second-order valence-electron chi connectivity index (χ2n) is 3.42. The lowest BCUT2D eigenvalue weighted by molar-refractivity contribution is -0.122. The van der Waals surface area contributed by atoms with Gasteiger partial charge in [0.25, 0.3) is 0 Å². The molecule has 2 rings (SSSR count). The van der Waals surface area contributed by atoms with E-state index in [0.717, 1.165) is 0 Å². The second kappa shape index (κ2) is 3.25. The Balaban J connectivity index is 2.36. The predicted molar refractivity (Wildman–Crippen MR) is 51.6 cm³/mol. The highest BCUT2D eigenvalue weighted by molar-refractivity contribution is 6.20. The molecule has 1 fully saturated rings. The van der Waals surface area contributed by atoms with Gasteiger partial charge in [-0.05, 0) is 6.07 Å². The molecular formula is C11H10NO2. The van der Waals surface area contributed by atoms with Gasteiger partial charge < -0.3 is 0 Å². The van der Waals surface area contributed by atoms with Crippen molar-refractivity contribution in [2.45, 2.75) is 13.3 Å². The number of para-hydroxylation sites is 1. The summed E-state index contributed by atoms with van der Waals surface area (Å²) >= 11 is 0. The van der Waals surface area contributed by atoms with Gasteiger partial charge in [-0.1, -0.05) is 25.1 Å². The Morgan fingerprint density at radius 1 is 1.43 bits per heavy atom. The topological polar surface area (TPSA) is 37.4 Å². The number of rotatable bonds is 1. The number of hydrogen-bond donors (Lipinski definition) is 0. The van der Waals surface area contributed by atoms with Crippen LogP contribution in [-0.4, -0.2) is 11.8 Å². The third-order valence-corrected chi connectivity index (χ3v) is 2.31. The minimum Gasteiger partial charge on any atom is -0.274 e. The van der Waals surface area contributed by atoms with E-state index in [1.54, 1.807) is 31.2 Å². The van der Waals surface area contributed by atoms with Crippen molar-refractivity contribution in [1.29, 1.82) is 0 Å². The first-order chi connectivity index (χ1) is 6.70. The van der Waals surface area contributed by atoms with Crippen molar-refractivity contribution in [1.82, 2.24) is 0 Å². The fraction of sp³-hybridized carbons (Fsp3) is 0.273. The Morgan fingerprint density at radius 3 is 2.71 bits per heavy atom. The third-order valence-electron chi connectivity index (χ3n) is 2.31. The molecule has 3 nitrogen and oxygen atoms in total. The molecular weight excluding hydrogens is 178 g/mol. The second-order valence-corrected chi connectivity index (χ2v) is 3.42. The Bertz CT molecular complexity index is 372. The van der Waals surface area contributed by atoms with Gasteiger partial charge in [0.15, 0.2) is 0 Å². The van der Waals surface area contributed by atoms with Gasteiger partial charge in [0.05, 0.1) is 5.69 Å². The lowest BCUT2D eigenvalue weighted by Crippen LogP contribution is -2.29. The van der Waals surface area contributed by atoms with Crippen LogP contribution in [0, 0.1) is 12.0 Å². The van der Waals surface area contributed by atoms with Gasteiger partial charge in [0.2, 0.25) is 11.8 Å². The number of hydrogen-bond acceptors (Lipinski definition) is 2. The highest BCUT2D eigenvalue weighted by Crippen LogP contribution is 2.24. The summed E-state index contributed by atoms with van der Waals surface area (Å²) < 4.78 is 0. The number of imide groups is 1. The summed E-state index contributed by atoms with van der Waals surface area (Å²) in [5, 5.41) is 0. The Morgan fingerprint density at radius 2 is 2.21 bits per heavy atom. The Kier molecular flexibility index (Phi) is 2.08. The average molecular weight is 188 g/mol. The van der Waals surface area contributed by atoms with E-state index in [1.165, 1.54) is 4.90 Å². The van der Waals surface area contributed by atoms with E-state index in [1.807, 2.05) is 0 Å². The van der Waals surface area contributed by atoms with Crippen molar-refractivity contribution in [2.75, 3.05) is 4.90 Å². The van der Waals surface area contributed by atoms with Crippen LogP contribution >= 0.6 is 0 Å². The van der Waals surface area contributed by atoms with Gasteiger partial charge in [-0.3, -0.25) is 9.59 Å². The normalized spacial score (nSPS) is 21.8. The summed E-state index contributed by atoms with van der Waals surface area (Å²) in [5.41, 5.74) is 0.548. The summed E-state index contributed by atoms with van der Waals surface area (Å²) in [5.74, 6) is -0.460. The molecule has 1 aliphatic rings. The molecule has 2 amide bonds. The third kappa shape index (κ3) is 1.31. The maximum Gasteiger partial charge on any atom is 0.237 e. The maximum atomic E-state index is 11.6. The van der Waals surface area contributed by atoms with Crippen LogP contribution in [0.5, 0.6) is 0 Å². The van der Waals surface area contributed by atoms with Crippen LogP contribution in [0.1, 0.15) is 13.3 Å². The van der Waals surface area contributed by atoms with Gasteiger partial charge >= 0.3 is 0 Å². The van der Waals surface area contributed by atoms with E-state index in [2.05, 4.69) is 6.07 Å². The van der Waals surface area contributed by atoms with Crippen LogP contribution in [0.15, 0.2) is 24.3 Å². The molecule has 1 aromatic rings. The molecule has 1 unspecified atom stereocenters. The minimum absolute atomic E-state index is 0.127. The molecule has 0 N–H and O–H groups in total. The van der Waals surface area contributed by atoms with Crippen LogP contribution in [0.2, 0.25) is 0 Å². The van der Waals surface area contributed by atoms with Crippen molar-refractivity contribution in [2.24, 2.45) is 5.92 Å². The van der Waals surface area contributed by atoms with Gasteiger partial charge in [0.1, 0.15) is 0 Å². The summed E-state index contributed by atoms with van der Waals surface area (Å²) in [6, 6.07) is 9.88. The fourth-order valence-corrected chi connectivity index (χ4v) is 1.56. The molecule has 3 heteroatoms. The van der Waals surface area contributed by atoms with Crippen molar-refractivity contribution < 1.29 is 9.59 Å². The number of nitrogens with zero attached hydrogens (tertiary/aromatic N) is 1. The maximum absolute atomic E-state index is 11.6. The van der Waals surface area contributed by atoms with E-state index in [4.69, 9.17) is 0 Å². The van der Waals surface area contributed by atoms with E-state index in [9.17, 15) is 9.59 Å². The fourth-order valence-electron chi connectivity index (χ4n) is 1.56. The zero-order chi connectivity index (χ0) is 10.1. The first kappa shape index (κ1) is 8.94. The van der Waals surface area contributed by atoms with Crippen molar-refractivity contribution >= 4 is 17.5 Å². The zero-order valence-electron chi connectivity index (χ0n) is 7.86. The molecule has 1 aromatic carbocycles. The number of benzene rings is 1. The SMILES string of the molecule is CC1CC(=O)N(c2[c]cccc2)C1=O. The van der Waals surface area contributed by atoms with Crippen LogP contribution in [0.25, 0.3) is 0 Å². The van der Waals surface area contributed by atoms with Gasteiger partial charge in [-0.25, -0.2) is 4.90 Å². The molecule has 71 valence electrons. The lowest BCUT2D eigenvalue weighted by atomic mass is 10.1. The molecule has 0 aromatic heterocycles. The monoisotopic (exact) mass is 188 g/mol. The molecule has 0 bridgehead atoms.